The Kier molecular flexibility index (Phi) is 5.99. The Labute approximate surface area is 164 Å². The van der Waals surface area contributed by atoms with Gasteiger partial charge in [0.25, 0.3) is 5.91 Å². The number of benzene rings is 2. The Morgan fingerprint density at radius 3 is 2.61 bits per heavy atom. The Bertz CT molecular complexity index is 919. The number of aryl methyl sites for hydroxylation is 2. The highest BCUT2D eigenvalue weighted by Crippen LogP contribution is 2.31. The number of nitrogens with one attached hydrogen (secondary N) is 1. The van der Waals surface area contributed by atoms with E-state index in [1.165, 1.54) is 13.0 Å². The fraction of sp³-hybridized carbons (Fsp3) is 0.273. The number of fused-ring (bicyclic) bond motifs is 1. The van der Waals surface area contributed by atoms with Crippen molar-refractivity contribution in [3.05, 3.63) is 59.2 Å². The van der Waals surface area contributed by atoms with E-state index in [-0.39, 0.29) is 5.91 Å². The van der Waals surface area contributed by atoms with Gasteiger partial charge in [-0.2, -0.15) is 0 Å². The molecule has 1 N–H and O–H groups in total. The van der Waals surface area contributed by atoms with Crippen LogP contribution in [0.15, 0.2) is 42.5 Å². The molecule has 2 aromatic rings. The molecule has 1 aliphatic rings. The topological polar surface area (TPSA) is 73.9 Å². The van der Waals surface area contributed by atoms with E-state index in [0.717, 1.165) is 16.7 Å². The van der Waals surface area contributed by atoms with Crippen molar-refractivity contribution in [2.75, 3.05) is 18.5 Å². The Morgan fingerprint density at radius 2 is 1.82 bits per heavy atom. The van der Waals surface area contributed by atoms with Gasteiger partial charge in [0, 0.05) is 11.8 Å². The first-order valence-electron chi connectivity index (χ1n) is 9.09. The highest BCUT2D eigenvalue weighted by Gasteiger charge is 2.17. The summed E-state index contributed by atoms with van der Waals surface area (Å²) in [5.41, 5.74) is 3.46. The highest BCUT2D eigenvalue weighted by atomic mass is 16.6. The fourth-order valence-electron chi connectivity index (χ4n) is 2.70. The van der Waals surface area contributed by atoms with E-state index in [1.807, 2.05) is 38.1 Å². The van der Waals surface area contributed by atoms with Crippen molar-refractivity contribution >= 4 is 23.6 Å². The first-order valence-corrected chi connectivity index (χ1v) is 9.09. The van der Waals surface area contributed by atoms with E-state index >= 15 is 0 Å². The third-order valence-electron chi connectivity index (χ3n) is 4.29. The van der Waals surface area contributed by atoms with E-state index in [9.17, 15) is 9.59 Å². The van der Waals surface area contributed by atoms with Crippen molar-refractivity contribution in [1.29, 1.82) is 0 Å². The Hall–Kier alpha value is -3.28. The average Bonchev–Trinajstić information content (AvgIpc) is 2.69. The van der Waals surface area contributed by atoms with Crippen LogP contribution in [0, 0.1) is 13.8 Å². The smallest absolute Gasteiger partial charge is 0.331 e. The molecule has 0 unspecified atom stereocenters. The molecular weight excluding hydrogens is 358 g/mol. The minimum atomic E-state index is -0.919. The van der Waals surface area contributed by atoms with Crippen LogP contribution in [0.2, 0.25) is 0 Å². The van der Waals surface area contributed by atoms with Gasteiger partial charge in [0.1, 0.15) is 13.2 Å². The maximum absolute atomic E-state index is 12.3. The van der Waals surface area contributed by atoms with Crippen LogP contribution in [0.5, 0.6) is 11.5 Å². The lowest BCUT2D eigenvalue weighted by molar-refractivity contribution is -0.148. The zero-order valence-corrected chi connectivity index (χ0v) is 16.2. The summed E-state index contributed by atoms with van der Waals surface area (Å²) in [6, 6.07) is 11.2. The van der Waals surface area contributed by atoms with E-state index in [0.29, 0.717) is 30.4 Å². The lowest BCUT2D eigenvalue weighted by atomic mass is 10.1. The summed E-state index contributed by atoms with van der Waals surface area (Å²) in [5.74, 6) is 0.346. The van der Waals surface area contributed by atoms with Crippen LogP contribution in [0.4, 0.5) is 5.69 Å². The van der Waals surface area contributed by atoms with Crippen molar-refractivity contribution in [3.8, 4) is 11.5 Å². The second kappa shape index (κ2) is 8.61. The van der Waals surface area contributed by atoms with Gasteiger partial charge in [-0.1, -0.05) is 18.2 Å². The number of rotatable bonds is 5. The van der Waals surface area contributed by atoms with E-state index in [4.69, 9.17) is 14.2 Å². The lowest BCUT2D eigenvalue weighted by Crippen LogP contribution is -2.29. The molecule has 0 fully saturated rings. The number of amides is 1. The molecule has 1 heterocycles. The summed E-state index contributed by atoms with van der Waals surface area (Å²) >= 11 is 0. The maximum atomic E-state index is 12.3. The number of carbonyl (C=O) groups excluding carboxylic acids is 2. The molecule has 1 amide bonds. The molecular formula is C22H23NO5. The summed E-state index contributed by atoms with van der Waals surface area (Å²) < 4.78 is 16.2. The fourth-order valence-corrected chi connectivity index (χ4v) is 2.70. The molecule has 0 radical (unpaired) electrons. The van der Waals surface area contributed by atoms with Crippen molar-refractivity contribution < 1.29 is 23.8 Å². The number of esters is 1. The van der Waals surface area contributed by atoms with Crippen molar-refractivity contribution in [2.45, 2.75) is 26.9 Å². The molecule has 1 aliphatic heterocycles. The Balaban J connectivity index is 1.57. The van der Waals surface area contributed by atoms with Crippen molar-refractivity contribution in [3.63, 3.8) is 0 Å². The molecule has 3 rings (SSSR count). The van der Waals surface area contributed by atoms with Crippen LogP contribution in [0.25, 0.3) is 6.08 Å². The molecule has 6 nitrogen and oxygen atoms in total. The highest BCUT2D eigenvalue weighted by molar-refractivity contribution is 5.97. The molecule has 6 heteroatoms. The predicted molar refractivity (Wildman–Crippen MR) is 107 cm³/mol. The first kappa shape index (κ1) is 19.5. The normalized spacial score (nSPS) is 13.8. The van der Waals surface area contributed by atoms with Gasteiger partial charge in [0.15, 0.2) is 17.6 Å². The summed E-state index contributed by atoms with van der Waals surface area (Å²) in [4.78, 5) is 24.4. The van der Waals surface area contributed by atoms with E-state index in [2.05, 4.69) is 5.32 Å². The number of ether oxygens (including phenoxy) is 3. The molecule has 0 bridgehead atoms. The van der Waals surface area contributed by atoms with Gasteiger partial charge in [-0.15, -0.1) is 0 Å². The number of carbonyl (C=O) groups is 2. The molecule has 28 heavy (non-hydrogen) atoms. The van der Waals surface area contributed by atoms with Gasteiger partial charge >= 0.3 is 5.97 Å². The average molecular weight is 381 g/mol. The molecule has 0 aromatic heterocycles. The molecule has 0 aliphatic carbocycles. The molecule has 146 valence electrons. The zero-order valence-electron chi connectivity index (χ0n) is 16.2. The third kappa shape index (κ3) is 4.91. The number of hydrogen-bond donors (Lipinski definition) is 1. The van der Waals surface area contributed by atoms with Crippen LogP contribution >= 0.6 is 0 Å². The molecule has 1 atom stereocenters. The van der Waals surface area contributed by atoms with Gasteiger partial charge in [0.2, 0.25) is 0 Å². The van der Waals surface area contributed by atoms with Crippen LogP contribution in [-0.2, 0) is 14.3 Å². The van der Waals surface area contributed by atoms with Gasteiger partial charge in [-0.3, -0.25) is 4.79 Å². The quantitative estimate of drug-likeness (QED) is 0.632. The summed E-state index contributed by atoms with van der Waals surface area (Å²) in [5, 5.41) is 2.79. The lowest BCUT2D eigenvalue weighted by Gasteiger charge is -2.18. The van der Waals surface area contributed by atoms with Crippen LogP contribution < -0.4 is 14.8 Å². The summed E-state index contributed by atoms with van der Waals surface area (Å²) in [6.07, 6.45) is 1.97. The molecule has 2 aromatic carbocycles. The largest absolute Gasteiger partial charge is 0.486 e. The summed E-state index contributed by atoms with van der Waals surface area (Å²) in [7, 11) is 0. The minimum Gasteiger partial charge on any atom is -0.486 e. The summed E-state index contributed by atoms with van der Waals surface area (Å²) in [6.45, 7) is 6.41. The Morgan fingerprint density at radius 1 is 1.07 bits per heavy atom. The van der Waals surface area contributed by atoms with Crippen LogP contribution in [0.1, 0.15) is 23.6 Å². The second-order valence-corrected chi connectivity index (χ2v) is 6.62. The van der Waals surface area contributed by atoms with Gasteiger partial charge in [-0.25, -0.2) is 4.79 Å². The third-order valence-corrected chi connectivity index (χ3v) is 4.29. The van der Waals surface area contributed by atoms with Crippen molar-refractivity contribution in [1.82, 2.24) is 0 Å². The second-order valence-electron chi connectivity index (χ2n) is 6.62. The van der Waals surface area contributed by atoms with Gasteiger partial charge < -0.3 is 19.5 Å². The number of anilines is 1. The molecule has 0 saturated carbocycles. The first-order chi connectivity index (χ1) is 13.4. The van der Waals surface area contributed by atoms with Crippen molar-refractivity contribution in [2.24, 2.45) is 0 Å². The van der Waals surface area contributed by atoms with Crippen LogP contribution in [0.3, 0.4) is 0 Å². The van der Waals surface area contributed by atoms with E-state index in [1.54, 1.807) is 18.2 Å². The maximum Gasteiger partial charge on any atom is 0.331 e. The van der Waals surface area contributed by atoms with Gasteiger partial charge in [0.05, 0.1) is 0 Å². The predicted octanol–water partition coefficient (Wildman–Crippen LogP) is 3.66. The monoisotopic (exact) mass is 381 g/mol. The molecule has 0 spiro atoms. The van der Waals surface area contributed by atoms with Crippen LogP contribution in [-0.4, -0.2) is 31.2 Å². The number of hydrogen-bond acceptors (Lipinski definition) is 5. The molecule has 0 saturated heterocycles. The van der Waals surface area contributed by atoms with E-state index < -0.39 is 12.1 Å². The minimum absolute atomic E-state index is 0.380. The van der Waals surface area contributed by atoms with Gasteiger partial charge in [-0.05, 0) is 61.7 Å². The zero-order chi connectivity index (χ0) is 20.1. The SMILES string of the molecule is Cc1ccc(C)c(NC(=O)[C@@H](C)OC(=O)/C=C/c2ccc3c(c2)OCCO3)c1. The standard InChI is InChI=1S/C22H23NO5/c1-14-4-5-15(2)18(12-14)23-22(25)16(3)28-21(24)9-7-17-6-8-19-20(13-17)27-11-10-26-19/h4-9,12-13,16H,10-11H2,1-3H3,(H,23,25)/b9-7+/t16-/m1/s1.